The lowest BCUT2D eigenvalue weighted by molar-refractivity contribution is -0.117. The van der Waals surface area contributed by atoms with Gasteiger partial charge in [-0.3, -0.25) is 0 Å². The van der Waals surface area contributed by atoms with Gasteiger partial charge < -0.3 is 29.5 Å². The lowest BCUT2D eigenvalue weighted by Gasteiger charge is -2.03. The van der Waals surface area contributed by atoms with E-state index in [0.29, 0.717) is 25.7 Å². The Kier molecular flexibility index (Phi) is 7.84. The third-order valence-corrected chi connectivity index (χ3v) is 9.08. The van der Waals surface area contributed by atoms with Crippen LogP contribution in [-0.2, 0) is 22.4 Å². The Morgan fingerprint density at radius 3 is 2.14 bits per heavy atom. The smallest absolute Gasteiger partial charge is 0.130 e. The number of carbonyl (C=O) groups excluding carboxylic acids is 2. The van der Waals surface area contributed by atoms with Crippen LogP contribution in [0.5, 0.6) is 0 Å². The maximum atomic E-state index is 12.0. The molecule has 8 heteroatoms. The van der Waals surface area contributed by atoms with Gasteiger partial charge in [-0.05, 0) is 112 Å². The van der Waals surface area contributed by atoms with Gasteiger partial charge in [-0.1, -0.05) is 12.7 Å². The molecule has 226 valence electrons. The molecule has 1 atom stereocenters. The van der Waals surface area contributed by atoms with Gasteiger partial charge in [0, 0.05) is 68.1 Å². The van der Waals surface area contributed by atoms with Crippen LogP contribution < -0.4 is 21.4 Å². The summed E-state index contributed by atoms with van der Waals surface area (Å²) in [5.41, 5.74) is 11.6. The zero-order valence-corrected chi connectivity index (χ0v) is 26.2. The topological polar surface area (TPSA) is 122 Å². The van der Waals surface area contributed by atoms with E-state index in [4.69, 9.17) is 0 Å². The minimum Gasteiger partial charge on any atom is -0.355 e. The number of H-pyrrole nitrogens is 4. The first-order valence-electron chi connectivity index (χ1n) is 15.4. The lowest BCUT2D eigenvalue weighted by atomic mass is 10.0. The Morgan fingerprint density at radius 2 is 1.45 bits per heavy atom. The first-order chi connectivity index (χ1) is 21.1. The predicted octanol–water partition coefficient (Wildman–Crippen LogP) is 4.14. The van der Waals surface area contributed by atoms with E-state index >= 15 is 0 Å². The van der Waals surface area contributed by atoms with E-state index in [1.807, 2.05) is 6.08 Å². The Labute approximate surface area is 256 Å². The number of nitrogens with one attached hydrogen (secondary N) is 4. The molecule has 0 saturated carbocycles. The third kappa shape index (κ3) is 5.52. The van der Waals surface area contributed by atoms with Gasteiger partial charge in [0.25, 0.3) is 0 Å². The lowest BCUT2D eigenvalue weighted by Crippen LogP contribution is -2.13. The van der Waals surface area contributed by atoms with Crippen LogP contribution in [0.1, 0.15) is 101 Å². The van der Waals surface area contributed by atoms with Crippen molar-refractivity contribution >= 4 is 41.9 Å². The number of ketones is 2. The van der Waals surface area contributed by atoms with Crippen molar-refractivity contribution in [3.8, 4) is 0 Å². The largest absolute Gasteiger partial charge is 0.355 e. The fraction of sp³-hybridized carbons (Fsp3) is 0.333. The molecule has 0 spiro atoms. The Balaban J connectivity index is 1.69. The molecule has 44 heavy (non-hydrogen) atoms. The molecule has 4 aromatic rings. The molecule has 4 N–H and O–H groups in total. The highest BCUT2D eigenvalue weighted by Gasteiger charge is 2.21. The van der Waals surface area contributed by atoms with Crippen molar-refractivity contribution < 1.29 is 9.59 Å². The van der Waals surface area contributed by atoms with Crippen molar-refractivity contribution in [2.45, 2.75) is 72.8 Å². The molecule has 8 nitrogen and oxygen atoms in total. The molecule has 6 rings (SSSR count). The van der Waals surface area contributed by atoms with Crippen LogP contribution in [0.15, 0.2) is 22.9 Å². The first-order valence-corrected chi connectivity index (χ1v) is 15.4. The number of aromatic amines is 4. The number of fused-ring (bicyclic) bond motifs is 8. The van der Waals surface area contributed by atoms with Crippen LogP contribution in [-0.4, -0.2) is 38.0 Å². The molecule has 1 unspecified atom stereocenters. The van der Waals surface area contributed by atoms with E-state index in [0.717, 1.165) is 96.1 Å². The average molecular weight is 589 g/mol. The van der Waals surface area contributed by atoms with E-state index in [1.165, 1.54) is 0 Å². The number of azo groups is 1. The molecule has 0 aliphatic carbocycles. The SMILES string of the molecule is C=Cc1c(C)c2[nH]c1=Cc1[nH]c(c(CCC(C)=O)c1C)C=c1[nH]c(c(C)c1CCC(C)=O)=Cc1cc(C3CCN=N3)c([nH]1)C=2. The van der Waals surface area contributed by atoms with E-state index in [1.54, 1.807) is 13.8 Å². The second-order valence-electron chi connectivity index (χ2n) is 12.2. The number of aromatic nitrogens is 4. The maximum Gasteiger partial charge on any atom is 0.130 e. The second kappa shape index (κ2) is 11.8. The molecule has 0 amide bonds. The van der Waals surface area contributed by atoms with Crippen LogP contribution in [0.25, 0.3) is 30.4 Å². The van der Waals surface area contributed by atoms with Gasteiger partial charge >= 0.3 is 0 Å². The third-order valence-electron chi connectivity index (χ3n) is 9.08. The summed E-state index contributed by atoms with van der Waals surface area (Å²) in [4.78, 5) is 38.7. The van der Waals surface area contributed by atoms with Crippen molar-refractivity contribution in [1.29, 1.82) is 0 Å². The van der Waals surface area contributed by atoms with E-state index in [9.17, 15) is 9.59 Å². The first kappa shape index (κ1) is 29.4. The average Bonchev–Trinajstić information content (AvgIpc) is 3.78. The highest BCUT2D eigenvalue weighted by Crippen LogP contribution is 2.30. The number of rotatable bonds is 8. The summed E-state index contributed by atoms with van der Waals surface area (Å²) in [5, 5.41) is 12.7. The molecule has 2 aliphatic rings. The van der Waals surface area contributed by atoms with Crippen LogP contribution in [0, 0.1) is 20.8 Å². The zero-order chi connectivity index (χ0) is 31.1. The Bertz CT molecular complexity index is 2090. The number of hydrogen-bond acceptors (Lipinski definition) is 4. The quantitative estimate of drug-likeness (QED) is 0.218. The fourth-order valence-corrected chi connectivity index (χ4v) is 6.50. The zero-order valence-electron chi connectivity index (χ0n) is 26.2. The van der Waals surface area contributed by atoms with Gasteiger partial charge in [-0.15, -0.1) is 0 Å². The van der Waals surface area contributed by atoms with Gasteiger partial charge in [-0.2, -0.15) is 10.2 Å². The van der Waals surface area contributed by atoms with Crippen LogP contribution in [0.4, 0.5) is 0 Å². The van der Waals surface area contributed by atoms with Crippen LogP contribution in [0.2, 0.25) is 0 Å². The minimum atomic E-state index is 0.00905. The summed E-state index contributed by atoms with van der Waals surface area (Å²) >= 11 is 0. The maximum absolute atomic E-state index is 12.0. The van der Waals surface area contributed by atoms with Gasteiger partial charge in [0.1, 0.15) is 11.6 Å². The van der Waals surface area contributed by atoms with E-state index in [2.05, 4.69) is 87.9 Å². The number of nitrogens with zero attached hydrogens (tertiary/aromatic N) is 2. The van der Waals surface area contributed by atoms with Gasteiger partial charge in [-0.25, -0.2) is 0 Å². The Morgan fingerprint density at radius 1 is 0.795 bits per heavy atom. The molecule has 4 aromatic heterocycles. The number of hydrogen-bond donors (Lipinski definition) is 4. The molecule has 2 aliphatic heterocycles. The number of carbonyl (C=O) groups is 2. The van der Waals surface area contributed by atoms with E-state index in [-0.39, 0.29) is 17.6 Å². The standard InChI is InChI=1S/C36H40N6O2/c1-7-25-21(4)31-17-36-28(29-12-13-37-42-29)14-24(38-36)15-30-22(5)26(10-8-19(2)43)34(39-30)18-35-27(11-9-20(3)44)23(6)32(41-35)16-33(25)40-31/h7,14-18,29,38-41H,1,8-13H2,2-6H3. The van der Waals surface area contributed by atoms with Gasteiger partial charge in [0.15, 0.2) is 0 Å². The van der Waals surface area contributed by atoms with Gasteiger partial charge in [0.05, 0.1) is 12.6 Å². The van der Waals surface area contributed by atoms with Crippen molar-refractivity contribution in [2.75, 3.05) is 6.54 Å². The molecular weight excluding hydrogens is 548 g/mol. The summed E-state index contributed by atoms with van der Waals surface area (Å²) < 4.78 is 0. The van der Waals surface area contributed by atoms with Crippen molar-refractivity contribution in [1.82, 2.24) is 19.9 Å². The summed E-state index contributed by atoms with van der Waals surface area (Å²) in [7, 11) is 0. The molecule has 0 aromatic carbocycles. The highest BCUT2D eigenvalue weighted by molar-refractivity contribution is 5.77. The molecule has 0 fully saturated rings. The predicted molar refractivity (Wildman–Crippen MR) is 175 cm³/mol. The normalized spacial score (nSPS) is 15.3. The van der Waals surface area contributed by atoms with Crippen molar-refractivity contribution in [3.05, 3.63) is 95.8 Å². The molecular formula is C36H40N6O2. The minimum absolute atomic E-state index is 0.00905. The summed E-state index contributed by atoms with van der Waals surface area (Å²) in [5.74, 6) is 0.321. The highest BCUT2D eigenvalue weighted by atomic mass is 16.1. The molecule has 0 radical (unpaired) electrons. The second-order valence-corrected chi connectivity index (χ2v) is 12.2. The summed E-state index contributed by atoms with van der Waals surface area (Å²) in [6, 6.07) is 2.19. The van der Waals surface area contributed by atoms with Gasteiger partial charge in [0.2, 0.25) is 0 Å². The van der Waals surface area contributed by atoms with E-state index < -0.39 is 0 Å². The van der Waals surface area contributed by atoms with Crippen LogP contribution in [0.3, 0.4) is 0 Å². The molecule has 0 saturated heterocycles. The molecule has 8 bridgehead atoms. The summed E-state index contributed by atoms with van der Waals surface area (Å²) in [6.45, 7) is 14.5. The van der Waals surface area contributed by atoms with Crippen molar-refractivity contribution in [2.24, 2.45) is 10.2 Å². The monoisotopic (exact) mass is 588 g/mol. The molecule has 6 heterocycles. The fourth-order valence-electron chi connectivity index (χ4n) is 6.50. The Hall–Kier alpha value is -4.72. The van der Waals surface area contributed by atoms with Crippen LogP contribution >= 0.6 is 0 Å². The summed E-state index contributed by atoms with van der Waals surface area (Å²) in [6.07, 6.45) is 13.6. The van der Waals surface area contributed by atoms with Crippen molar-refractivity contribution in [3.63, 3.8) is 0 Å². The number of Topliss-reactive ketones (excluding diaryl/α,β-unsaturated/α-hetero) is 2.